The lowest BCUT2D eigenvalue weighted by Crippen LogP contribution is -2.56. The number of imide groups is 1. The van der Waals surface area contributed by atoms with E-state index in [2.05, 4.69) is 28.8 Å². The minimum atomic E-state index is -0.900. The van der Waals surface area contributed by atoms with Crippen LogP contribution in [0.15, 0.2) is 18.2 Å². The summed E-state index contributed by atoms with van der Waals surface area (Å²) in [7, 11) is 1.76. The molecular formula is C20H24N2O3. The van der Waals surface area contributed by atoms with Gasteiger partial charge in [0.15, 0.2) is 5.54 Å². The Hall–Kier alpha value is -1.88. The maximum absolute atomic E-state index is 13.1. The molecule has 2 spiro atoms. The number of rotatable bonds is 2. The highest BCUT2D eigenvalue weighted by molar-refractivity contribution is 6.08. The van der Waals surface area contributed by atoms with Crippen molar-refractivity contribution in [2.45, 2.75) is 62.5 Å². The molecule has 1 atom stereocenters. The molecule has 0 radical (unpaired) electrons. The minimum absolute atomic E-state index is 0.167. The fourth-order valence-electron chi connectivity index (χ4n) is 5.50. The van der Waals surface area contributed by atoms with Crippen molar-refractivity contribution in [1.82, 2.24) is 10.6 Å². The van der Waals surface area contributed by atoms with Gasteiger partial charge in [-0.05, 0) is 67.6 Å². The molecule has 4 aliphatic rings. The van der Waals surface area contributed by atoms with Gasteiger partial charge in [-0.15, -0.1) is 0 Å². The van der Waals surface area contributed by atoms with Crippen LogP contribution in [-0.4, -0.2) is 25.2 Å². The van der Waals surface area contributed by atoms with E-state index in [-0.39, 0.29) is 23.5 Å². The molecule has 0 aromatic heterocycles. The van der Waals surface area contributed by atoms with Gasteiger partial charge in [0.05, 0.1) is 6.10 Å². The predicted octanol–water partition coefficient (Wildman–Crippen LogP) is 2.73. The number of carbonyl (C=O) groups is 2. The van der Waals surface area contributed by atoms with E-state index in [1.165, 1.54) is 24.0 Å². The van der Waals surface area contributed by atoms with Gasteiger partial charge in [-0.25, -0.2) is 4.79 Å². The average molecular weight is 340 g/mol. The van der Waals surface area contributed by atoms with E-state index in [0.29, 0.717) is 5.92 Å². The number of amides is 3. The van der Waals surface area contributed by atoms with E-state index in [0.717, 1.165) is 37.7 Å². The molecule has 5 nitrogen and oxygen atoms in total. The summed E-state index contributed by atoms with van der Waals surface area (Å²) in [6.07, 6.45) is 7.23. The van der Waals surface area contributed by atoms with Crippen molar-refractivity contribution in [2.75, 3.05) is 7.11 Å². The van der Waals surface area contributed by atoms with Crippen LogP contribution in [0, 0.1) is 5.41 Å². The summed E-state index contributed by atoms with van der Waals surface area (Å²) in [4.78, 5) is 25.2. The second kappa shape index (κ2) is 5.07. The molecule has 2 saturated carbocycles. The minimum Gasteiger partial charge on any atom is -0.381 e. The number of hydrogen-bond donors (Lipinski definition) is 2. The zero-order chi connectivity index (χ0) is 17.2. The molecule has 2 N–H and O–H groups in total. The Morgan fingerprint density at radius 3 is 2.48 bits per heavy atom. The Morgan fingerprint density at radius 2 is 1.88 bits per heavy atom. The highest BCUT2D eigenvalue weighted by atomic mass is 16.5. The molecule has 1 aliphatic heterocycles. The van der Waals surface area contributed by atoms with Crippen molar-refractivity contribution in [3.05, 3.63) is 34.9 Å². The van der Waals surface area contributed by atoms with Gasteiger partial charge >= 0.3 is 6.03 Å². The lowest BCUT2D eigenvalue weighted by Gasteiger charge is -2.46. The van der Waals surface area contributed by atoms with E-state index in [4.69, 9.17) is 4.74 Å². The third-order valence-electron chi connectivity index (χ3n) is 7.00. The van der Waals surface area contributed by atoms with Gasteiger partial charge in [0.1, 0.15) is 0 Å². The Labute approximate surface area is 147 Å². The van der Waals surface area contributed by atoms with Crippen molar-refractivity contribution in [3.8, 4) is 0 Å². The smallest absolute Gasteiger partial charge is 0.322 e. The molecule has 1 aromatic rings. The van der Waals surface area contributed by atoms with Crippen LogP contribution >= 0.6 is 0 Å². The standard InChI is InChI=1S/C20H24N2O3/c1-25-15-6-8-19(9-7-15)11-14-5-4-13(12-2-3-12)10-16(14)20(19)17(23)21-18(24)22-20/h4-5,10,12,15H,2-3,6-9,11H2,1H3,(H2,21,22,23,24). The second-order valence-electron chi connectivity index (χ2n) is 8.24. The maximum Gasteiger partial charge on any atom is 0.322 e. The van der Waals surface area contributed by atoms with Crippen molar-refractivity contribution in [3.63, 3.8) is 0 Å². The quantitative estimate of drug-likeness (QED) is 0.814. The number of ether oxygens (including phenoxy) is 1. The summed E-state index contributed by atoms with van der Waals surface area (Å²) >= 11 is 0. The van der Waals surface area contributed by atoms with Crippen molar-refractivity contribution in [2.24, 2.45) is 5.41 Å². The third kappa shape index (κ3) is 1.99. The van der Waals surface area contributed by atoms with Gasteiger partial charge in [-0.3, -0.25) is 10.1 Å². The summed E-state index contributed by atoms with van der Waals surface area (Å²) in [6, 6.07) is 6.26. The molecule has 1 aromatic carbocycles. The van der Waals surface area contributed by atoms with Gasteiger partial charge in [-0.2, -0.15) is 0 Å². The van der Waals surface area contributed by atoms with Crippen LogP contribution in [0.5, 0.6) is 0 Å². The molecule has 1 saturated heterocycles. The number of carbonyl (C=O) groups excluding carboxylic acids is 2. The van der Waals surface area contributed by atoms with E-state index >= 15 is 0 Å². The van der Waals surface area contributed by atoms with Gasteiger partial charge in [-0.1, -0.05) is 18.2 Å². The third-order valence-corrected chi connectivity index (χ3v) is 7.00. The fourth-order valence-corrected chi connectivity index (χ4v) is 5.50. The van der Waals surface area contributed by atoms with Gasteiger partial charge in [0.25, 0.3) is 5.91 Å². The molecule has 5 heteroatoms. The summed E-state index contributed by atoms with van der Waals surface area (Å²) in [6.45, 7) is 0. The van der Waals surface area contributed by atoms with Crippen molar-refractivity contribution in [1.29, 1.82) is 0 Å². The summed E-state index contributed by atoms with van der Waals surface area (Å²) < 4.78 is 5.54. The monoisotopic (exact) mass is 340 g/mol. The molecule has 3 amide bonds. The molecule has 0 bridgehead atoms. The highest BCUT2D eigenvalue weighted by Crippen LogP contribution is 2.59. The van der Waals surface area contributed by atoms with Gasteiger partial charge in [0, 0.05) is 12.5 Å². The molecule has 5 rings (SSSR count). The topological polar surface area (TPSA) is 67.4 Å². The Bertz CT molecular complexity index is 762. The van der Waals surface area contributed by atoms with Crippen LogP contribution in [0.1, 0.15) is 61.1 Å². The lowest BCUT2D eigenvalue weighted by molar-refractivity contribution is -0.131. The van der Waals surface area contributed by atoms with Crippen LogP contribution in [0.4, 0.5) is 4.79 Å². The number of nitrogens with one attached hydrogen (secondary N) is 2. The Balaban J connectivity index is 1.63. The van der Waals surface area contributed by atoms with E-state index < -0.39 is 5.54 Å². The number of methoxy groups -OCH3 is 1. The first-order valence-electron chi connectivity index (χ1n) is 9.38. The SMILES string of the molecule is COC1CCC2(CC1)Cc1ccc(C3CC3)cc1C21NC(=O)NC1=O. The van der Waals surface area contributed by atoms with Crippen LogP contribution in [0.25, 0.3) is 0 Å². The van der Waals surface area contributed by atoms with Crippen LogP contribution in [-0.2, 0) is 21.5 Å². The molecule has 1 unspecified atom stereocenters. The Morgan fingerprint density at radius 1 is 1.12 bits per heavy atom. The van der Waals surface area contributed by atoms with E-state index in [1.54, 1.807) is 7.11 Å². The lowest BCUT2D eigenvalue weighted by atomic mass is 9.61. The fraction of sp³-hybridized carbons (Fsp3) is 0.600. The maximum atomic E-state index is 13.1. The summed E-state index contributed by atoms with van der Waals surface area (Å²) in [5.74, 6) is 0.461. The molecule has 132 valence electrons. The number of urea groups is 1. The van der Waals surface area contributed by atoms with Crippen LogP contribution in [0.3, 0.4) is 0 Å². The number of fused-ring (bicyclic) bond motifs is 3. The molecular weight excluding hydrogens is 316 g/mol. The van der Waals surface area contributed by atoms with Gasteiger partial charge < -0.3 is 10.1 Å². The molecule has 25 heavy (non-hydrogen) atoms. The predicted molar refractivity (Wildman–Crippen MR) is 92.2 cm³/mol. The zero-order valence-corrected chi connectivity index (χ0v) is 14.6. The van der Waals surface area contributed by atoms with Gasteiger partial charge in [0.2, 0.25) is 0 Å². The molecule has 3 aliphatic carbocycles. The van der Waals surface area contributed by atoms with Crippen molar-refractivity contribution < 1.29 is 14.3 Å². The van der Waals surface area contributed by atoms with Crippen molar-refractivity contribution >= 4 is 11.9 Å². The largest absolute Gasteiger partial charge is 0.381 e. The average Bonchev–Trinajstić information content (AvgIpc) is 3.36. The number of benzene rings is 1. The first-order valence-corrected chi connectivity index (χ1v) is 9.38. The first kappa shape index (κ1) is 15.4. The first-order chi connectivity index (χ1) is 12.1. The normalized spacial score (nSPS) is 36.6. The van der Waals surface area contributed by atoms with Crippen LogP contribution in [0.2, 0.25) is 0 Å². The highest BCUT2D eigenvalue weighted by Gasteiger charge is 2.66. The number of hydrogen-bond acceptors (Lipinski definition) is 3. The van der Waals surface area contributed by atoms with E-state index in [1.807, 2.05) is 0 Å². The summed E-state index contributed by atoms with van der Waals surface area (Å²) in [5.41, 5.74) is 2.44. The Kier molecular flexibility index (Phi) is 3.12. The molecule has 1 heterocycles. The van der Waals surface area contributed by atoms with Crippen LogP contribution < -0.4 is 10.6 Å². The molecule has 3 fully saturated rings. The summed E-state index contributed by atoms with van der Waals surface area (Å²) in [5, 5.41) is 5.61. The zero-order valence-electron chi connectivity index (χ0n) is 14.6. The van der Waals surface area contributed by atoms with E-state index in [9.17, 15) is 9.59 Å². The second-order valence-corrected chi connectivity index (χ2v) is 8.24.